The lowest BCUT2D eigenvalue weighted by Crippen LogP contribution is -2.41. The van der Waals surface area contributed by atoms with Crippen LogP contribution in [0.3, 0.4) is 0 Å². The molecule has 1 aliphatic rings. The molecule has 0 aliphatic carbocycles. The van der Waals surface area contributed by atoms with Crippen LogP contribution in [-0.4, -0.2) is 26.8 Å². The van der Waals surface area contributed by atoms with Crippen LogP contribution in [0.5, 0.6) is 0 Å². The molecule has 0 radical (unpaired) electrons. The van der Waals surface area contributed by atoms with Gasteiger partial charge in [0.25, 0.3) is 0 Å². The molecule has 2 rings (SSSR count). The molecule has 1 aliphatic heterocycles. The van der Waals surface area contributed by atoms with Crippen LogP contribution in [0.4, 0.5) is 0 Å². The Hall–Kier alpha value is -0.320. The molecule has 1 aromatic rings. The summed E-state index contributed by atoms with van der Waals surface area (Å²) in [4.78, 5) is 0. The van der Waals surface area contributed by atoms with Gasteiger partial charge in [0.2, 0.25) is 0 Å². The van der Waals surface area contributed by atoms with Gasteiger partial charge in [-0.15, -0.1) is 0 Å². The molecule has 84 valence electrons. The summed E-state index contributed by atoms with van der Waals surface area (Å²) < 4.78 is 11.9. The Balaban J connectivity index is 2.24. The Morgan fingerprint density at radius 3 is 2.67 bits per heavy atom. The van der Waals surface area contributed by atoms with E-state index in [1.807, 2.05) is 13.1 Å². The summed E-state index contributed by atoms with van der Waals surface area (Å²) in [5.41, 5.74) is 0.110. The molecule has 0 amide bonds. The first-order valence-electron chi connectivity index (χ1n) is 5.25. The highest BCUT2D eigenvalue weighted by molar-refractivity contribution is 9.10. The maximum Gasteiger partial charge on any atom is 0.169 e. The Morgan fingerprint density at radius 1 is 1.40 bits per heavy atom. The van der Waals surface area contributed by atoms with Gasteiger partial charge >= 0.3 is 0 Å². The average molecular weight is 274 g/mol. The van der Waals surface area contributed by atoms with Crippen molar-refractivity contribution < 1.29 is 9.15 Å². The van der Waals surface area contributed by atoms with Gasteiger partial charge in [0, 0.05) is 25.2 Å². The van der Waals surface area contributed by atoms with E-state index in [9.17, 15) is 0 Å². The van der Waals surface area contributed by atoms with Crippen molar-refractivity contribution in [2.75, 3.05) is 26.8 Å². The van der Waals surface area contributed by atoms with Gasteiger partial charge < -0.3 is 14.5 Å². The molecular weight excluding hydrogens is 258 g/mol. The average Bonchev–Trinajstić information content (AvgIpc) is 2.67. The number of rotatable bonds is 3. The van der Waals surface area contributed by atoms with Crippen molar-refractivity contribution >= 4 is 15.9 Å². The van der Waals surface area contributed by atoms with Crippen molar-refractivity contribution in [1.82, 2.24) is 5.32 Å². The molecule has 0 saturated carbocycles. The minimum absolute atomic E-state index is 0.110. The lowest BCUT2D eigenvalue weighted by molar-refractivity contribution is 0.0423. The predicted octanol–water partition coefficient (Wildman–Crippen LogP) is 2.31. The van der Waals surface area contributed by atoms with Crippen molar-refractivity contribution in [3.05, 3.63) is 22.6 Å². The molecule has 3 nitrogen and oxygen atoms in total. The fraction of sp³-hybridized carbons (Fsp3) is 0.636. The molecule has 0 aromatic carbocycles. The van der Waals surface area contributed by atoms with Crippen LogP contribution in [0.2, 0.25) is 0 Å². The summed E-state index contributed by atoms with van der Waals surface area (Å²) in [5.74, 6) is 1.06. The van der Waals surface area contributed by atoms with E-state index in [1.54, 1.807) is 0 Å². The molecule has 1 fully saturated rings. The van der Waals surface area contributed by atoms with Gasteiger partial charge in [0.15, 0.2) is 4.67 Å². The molecule has 0 bridgehead atoms. The normalized spacial score (nSPS) is 20.4. The third-order valence-electron chi connectivity index (χ3n) is 3.06. The first-order chi connectivity index (χ1) is 7.27. The number of nitrogens with one attached hydrogen (secondary N) is 1. The quantitative estimate of drug-likeness (QED) is 0.918. The highest BCUT2D eigenvalue weighted by Gasteiger charge is 2.36. The molecule has 0 spiro atoms. The van der Waals surface area contributed by atoms with Crippen LogP contribution in [0, 0.1) is 0 Å². The second-order valence-corrected chi connectivity index (χ2v) is 4.81. The summed E-state index contributed by atoms with van der Waals surface area (Å²) in [6.07, 6.45) is 2.04. The molecule has 1 N–H and O–H groups in total. The van der Waals surface area contributed by atoms with E-state index in [4.69, 9.17) is 9.15 Å². The van der Waals surface area contributed by atoms with Crippen LogP contribution >= 0.6 is 15.9 Å². The Kier molecular flexibility index (Phi) is 3.49. The summed E-state index contributed by atoms with van der Waals surface area (Å²) in [7, 11) is 1.98. The van der Waals surface area contributed by atoms with Crippen LogP contribution in [-0.2, 0) is 10.2 Å². The number of halogens is 1. The second kappa shape index (κ2) is 4.68. The molecule has 2 heterocycles. The third-order valence-corrected chi connectivity index (χ3v) is 3.49. The first-order valence-corrected chi connectivity index (χ1v) is 6.04. The van der Waals surface area contributed by atoms with E-state index in [0.29, 0.717) is 0 Å². The van der Waals surface area contributed by atoms with Gasteiger partial charge in [-0.05, 0) is 48.0 Å². The van der Waals surface area contributed by atoms with E-state index in [1.165, 1.54) is 0 Å². The van der Waals surface area contributed by atoms with Crippen molar-refractivity contribution in [2.45, 2.75) is 18.3 Å². The Labute approximate surface area is 98.3 Å². The smallest absolute Gasteiger partial charge is 0.169 e. The number of likely N-dealkylation sites (N-methyl/N-ethyl adjacent to an activating group) is 1. The maximum absolute atomic E-state index is 5.70. The monoisotopic (exact) mass is 273 g/mol. The summed E-state index contributed by atoms with van der Waals surface area (Å²) >= 11 is 3.36. The van der Waals surface area contributed by atoms with Crippen molar-refractivity contribution in [3.63, 3.8) is 0 Å². The topological polar surface area (TPSA) is 34.4 Å². The summed E-state index contributed by atoms with van der Waals surface area (Å²) in [6, 6.07) is 4.02. The van der Waals surface area contributed by atoms with E-state index in [-0.39, 0.29) is 5.41 Å². The van der Waals surface area contributed by atoms with Gasteiger partial charge in [0.1, 0.15) is 5.76 Å². The van der Waals surface area contributed by atoms with Crippen molar-refractivity contribution in [1.29, 1.82) is 0 Å². The van der Waals surface area contributed by atoms with Crippen molar-refractivity contribution in [2.24, 2.45) is 0 Å². The molecule has 15 heavy (non-hydrogen) atoms. The second-order valence-electron chi connectivity index (χ2n) is 4.03. The van der Waals surface area contributed by atoms with Gasteiger partial charge in [-0.3, -0.25) is 0 Å². The number of hydrogen-bond donors (Lipinski definition) is 1. The third kappa shape index (κ3) is 2.27. The first kappa shape index (κ1) is 11.2. The zero-order chi connectivity index (χ0) is 10.7. The van der Waals surface area contributed by atoms with Gasteiger partial charge in [-0.25, -0.2) is 0 Å². The minimum Gasteiger partial charge on any atom is -0.454 e. The predicted molar refractivity (Wildman–Crippen MR) is 62.1 cm³/mol. The minimum atomic E-state index is 0.110. The number of furan rings is 1. The summed E-state index contributed by atoms with van der Waals surface area (Å²) in [5, 5.41) is 3.26. The molecule has 4 heteroatoms. The highest BCUT2D eigenvalue weighted by atomic mass is 79.9. The zero-order valence-electron chi connectivity index (χ0n) is 8.88. The largest absolute Gasteiger partial charge is 0.454 e. The number of hydrogen-bond acceptors (Lipinski definition) is 3. The molecule has 1 aromatic heterocycles. The highest BCUT2D eigenvalue weighted by Crippen LogP contribution is 2.36. The van der Waals surface area contributed by atoms with Crippen LogP contribution in [0.1, 0.15) is 18.6 Å². The Bertz CT molecular complexity index is 313. The van der Waals surface area contributed by atoms with E-state index in [2.05, 4.69) is 27.3 Å². The van der Waals surface area contributed by atoms with Gasteiger partial charge in [-0.1, -0.05) is 0 Å². The van der Waals surface area contributed by atoms with E-state index < -0.39 is 0 Å². The van der Waals surface area contributed by atoms with Gasteiger partial charge in [-0.2, -0.15) is 0 Å². The molecule has 0 atom stereocenters. The van der Waals surface area contributed by atoms with Gasteiger partial charge in [0.05, 0.1) is 0 Å². The fourth-order valence-electron chi connectivity index (χ4n) is 2.21. The zero-order valence-corrected chi connectivity index (χ0v) is 10.5. The molecule has 1 saturated heterocycles. The standard InChI is InChI=1S/C11H16BrNO2/c1-13-8-11(4-6-14-7-5-11)9-2-3-10(12)15-9/h2-3,13H,4-8H2,1H3. The molecular formula is C11H16BrNO2. The fourth-order valence-corrected chi connectivity index (χ4v) is 2.52. The molecule has 0 unspecified atom stereocenters. The van der Waals surface area contributed by atoms with Crippen LogP contribution in [0.15, 0.2) is 21.2 Å². The maximum atomic E-state index is 5.70. The lowest BCUT2D eigenvalue weighted by atomic mass is 9.78. The van der Waals surface area contributed by atoms with E-state index in [0.717, 1.165) is 43.0 Å². The SMILES string of the molecule is CNCC1(c2ccc(Br)o2)CCOCC1. The van der Waals surface area contributed by atoms with Crippen molar-refractivity contribution in [3.8, 4) is 0 Å². The summed E-state index contributed by atoms with van der Waals surface area (Å²) in [6.45, 7) is 2.58. The Morgan fingerprint density at radius 2 is 2.13 bits per heavy atom. The lowest BCUT2D eigenvalue weighted by Gasteiger charge is -2.35. The number of ether oxygens (including phenoxy) is 1. The van der Waals surface area contributed by atoms with E-state index >= 15 is 0 Å². The van der Waals surface area contributed by atoms with Crippen LogP contribution < -0.4 is 5.32 Å². The van der Waals surface area contributed by atoms with Crippen LogP contribution in [0.25, 0.3) is 0 Å².